The fourth-order valence-corrected chi connectivity index (χ4v) is 0.827. The van der Waals surface area contributed by atoms with Crippen molar-refractivity contribution in [3.8, 4) is 0 Å². The molecule has 0 aromatic rings. The van der Waals surface area contributed by atoms with Crippen molar-refractivity contribution in [2.24, 2.45) is 5.92 Å². The first-order valence-electron chi connectivity index (χ1n) is 4.25. The molecule has 0 aromatic carbocycles. The minimum absolute atomic E-state index is 0.130. The number of ether oxygens (including phenoxy) is 1. The van der Waals surface area contributed by atoms with Crippen molar-refractivity contribution in [1.29, 1.82) is 0 Å². The molecule has 0 aromatic heterocycles. The molecule has 0 saturated carbocycles. The van der Waals surface area contributed by atoms with Gasteiger partial charge in [0.25, 0.3) is 5.91 Å². The number of alkyl halides is 4. The van der Waals surface area contributed by atoms with Crippen molar-refractivity contribution in [3.05, 3.63) is 0 Å². The molecule has 90 valence electrons. The molecule has 1 amide bonds. The third-order valence-electron chi connectivity index (χ3n) is 1.64. The molecule has 1 N–H and O–H groups in total. The molecule has 15 heavy (non-hydrogen) atoms. The van der Waals surface area contributed by atoms with Crippen LogP contribution in [0, 0.1) is 5.92 Å². The van der Waals surface area contributed by atoms with Crippen LogP contribution in [0.5, 0.6) is 0 Å². The van der Waals surface area contributed by atoms with E-state index in [1.807, 2.05) is 0 Å². The summed E-state index contributed by atoms with van der Waals surface area (Å²) in [5.74, 6) is -6.81. The maximum atomic E-state index is 12.4. The van der Waals surface area contributed by atoms with Gasteiger partial charge in [-0.1, -0.05) is 6.92 Å². The first kappa shape index (κ1) is 14.2. The van der Waals surface area contributed by atoms with Gasteiger partial charge in [0.2, 0.25) is 0 Å². The molecule has 0 aliphatic rings. The van der Waals surface area contributed by atoms with Crippen LogP contribution in [0.25, 0.3) is 0 Å². The molecular weight excluding hydrogens is 218 g/mol. The summed E-state index contributed by atoms with van der Waals surface area (Å²) in [7, 11) is 1.41. The first-order valence-corrected chi connectivity index (χ1v) is 4.25. The summed E-state index contributed by atoms with van der Waals surface area (Å²) in [5.41, 5.74) is 0. The number of nitrogens with one attached hydrogen (secondary N) is 1. The summed E-state index contributed by atoms with van der Waals surface area (Å²) in [4.78, 5) is 10.6. The van der Waals surface area contributed by atoms with Crippen LogP contribution < -0.4 is 5.32 Å². The average Bonchev–Trinajstić information content (AvgIpc) is 2.14. The molecule has 1 unspecified atom stereocenters. The highest BCUT2D eigenvalue weighted by Crippen LogP contribution is 2.22. The van der Waals surface area contributed by atoms with Crippen molar-refractivity contribution in [3.63, 3.8) is 0 Å². The van der Waals surface area contributed by atoms with Gasteiger partial charge in [-0.3, -0.25) is 4.79 Å². The zero-order valence-corrected chi connectivity index (χ0v) is 8.40. The normalized spacial score (nSPS) is 14.1. The lowest BCUT2D eigenvalue weighted by molar-refractivity contribution is -0.169. The summed E-state index contributed by atoms with van der Waals surface area (Å²) in [6.45, 7) is 1.75. The Balaban J connectivity index is 4.04. The second kappa shape index (κ2) is 5.89. The van der Waals surface area contributed by atoms with Crippen LogP contribution in [0.3, 0.4) is 0 Å². The highest BCUT2D eigenvalue weighted by Gasteiger charge is 2.48. The molecule has 0 fully saturated rings. The number of amides is 1. The van der Waals surface area contributed by atoms with E-state index in [4.69, 9.17) is 0 Å². The van der Waals surface area contributed by atoms with Crippen molar-refractivity contribution < 1.29 is 27.1 Å². The van der Waals surface area contributed by atoms with Gasteiger partial charge < -0.3 is 10.1 Å². The van der Waals surface area contributed by atoms with Gasteiger partial charge in [-0.05, 0) is 5.92 Å². The van der Waals surface area contributed by atoms with E-state index in [1.54, 1.807) is 12.2 Å². The molecule has 0 bridgehead atoms. The summed E-state index contributed by atoms with van der Waals surface area (Å²) >= 11 is 0. The Morgan fingerprint density at radius 3 is 2.40 bits per heavy atom. The van der Waals surface area contributed by atoms with Crippen LogP contribution in [0.4, 0.5) is 17.6 Å². The summed E-state index contributed by atoms with van der Waals surface area (Å²) in [5, 5.41) is 1.74. The third-order valence-corrected chi connectivity index (χ3v) is 1.64. The van der Waals surface area contributed by atoms with Gasteiger partial charge in [0, 0.05) is 13.7 Å². The summed E-state index contributed by atoms with van der Waals surface area (Å²) < 4.78 is 52.8. The fourth-order valence-electron chi connectivity index (χ4n) is 0.827. The van der Waals surface area contributed by atoms with Crippen molar-refractivity contribution >= 4 is 5.91 Å². The third kappa shape index (κ3) is 4.46. The SMILES string of the molecule is COCC(C)CNC(=O)C(F)(F)C(F)F. The monoisotopic (exact) mass is 231 g/mol. The van der Waals surface area contributed by atoms with E-state index in [2.05, 4.69) is 4.74 Å². The molecule has 0 rings (SSSR count). The van der Waals surface area contributed by atoms with Gasteiger partial charge in [-0.15, -0.1) is 0 Å². The molecule has 3 nitrogen and oxygen atoms in total. The molecular formula is C8H13F4NO2. The Morgan fingerprint density at radius 2 is 2.00 bits per heavy atom. The predicted molar refractivity (Wildman–Crippen MR) is 45.0 cm³/mol. The van der Waals surface area contributed by atoms with Gasteiger partial charge in [0.15, 0.2) is 0 Å². The molecule has 0 aliphatic carbocycles. The standard InChI is InChI=1S/C8H13F4NO2/c1-5(4-15-2)3-13-7(14)8(11,12)6(9)10/h5-6H,3-4H2,1-2H3,(H,13,14). The number of carbonyl (C=O) groups is 1. The van der Waals surface area contributed by atoms with Crippen LogP contribution in [-0.2, 0) is 9.53 Å². The molecule has 7 heteroatoms. The molecule has 0 radical (unpaired) electrons. The van der Waals surface area contributed by atoms with E-state index in [9.17, 15) is 22.4 Å². The van der Waals surface area contributed by atoms with Crippen molar-refractivity contribution in [1.82, 2.24) is 5.32 Å². The number of hydrogen-bond acceptors (Lipinski definition) is 2. The Labute approximate surface area is 84.8 Å². The van der Waals surface area contributed by atoms with E-state index >= 15 is 0 Å². The minimum Gasteiger partial charge on any atom is -0.384 e. The maximum Gasteiger partial charge on any atom is 0.383 e. The predicted octanol–water partition coefficient (Wildman–Crippen LogP) is 1.29. The molecule has 0 spiro atoms. The number of rotatable bonds is 6. The Bertz CT molecular complexity index is 211. The van der Waals surface area contributed by atoms with E-state index < -0.39 is 18.3 Å². The first-order chi connectivity index (χ1) is 6.82. The zero-order valence-electron chi connectivity index (χ0n) is 8.40. The van der Waals surface area contributed by atoms with E-state index in [-0.39, 0.29) is 19.1 Å². The lowest BCUT2D eigenvalue weighted by atomic mass is 10.2. The van der Waals surface area contributed by atoms with Gasteiger partial charge in [0.05, 0.1) is 6.61 Å². The number of carbonyl (C=O) groups excluding carboxylic acids is 1. The van der Waals surface area contributed by atoms with Crippen LogP contribution >= 0.6 is 0 Å². The summed E-state index contributed by atoms with van der Waals surface area (Å²) in [6.07, 6.45) is -3.99. The largest absolute Gasteiger partial charge is 0.384 e. The minimum atomic E-state index is -4.63. The van der Waals surface area contributed by atoms with Gasteiger partial charge >= 0.3 is 12.3 Å². The number of hydrogen-bond donors (Lipinski definition) is 1. The van der Waals surface area contributed by atoms with Gasteiger partial charge in [-0.25, -0.2) is 8.78 Å². The molecule has 1 atom stereocenters. The van der Waals surface area contributed by atoms with Gasteiger partial charge in [0.1, 0.15) is 0 Å². The highest BCUT2D eigenvalue weighted by molar-refractivity contribution is 5.83. The zero-order chi connectivity index (χ0) is 12.1. The highest BCUT2D eigenvalue weighted by atomic mass is 19.3. The Hall–Kier alpha value is -0.850. The molecule has 0 heterocycles. The Kier molecular flexibility index (Phi) is 5.56. The van der Waals surface area contributed by atoms with Crippen LogP contribution in [0.15, 0.2) is 0 Å². The number of methoxy groups -OCH3 is 1. The van der Waals surface area contributed by atoms with Crippen LogP contribution in [0.1, 0.15) is 6.92 Å². The van der Waals surface area contributed by atoms with Gasteiger partial charge in [-0.2, -0.15) is 8.78 Å². The maximum absolute atomic E-state index is 12.4. The van der Waals surface area contributed by atoms with E-state index in [0.717, 1.165) is 0 Å². The van der Waals surface area contributed by atoms with Crippen molar-refractivity contribution in [2.45, 2.75) is 19.3 Å². The van der Waals surface area contributed by atoms with Crippen molar-refractivity contribution in [2.75, 3.05) is 20.3 Å². The van der Waals surface area contributed by atoms with E-state index in [0.29, 0.717) is 0 Å². The number of halogens is 4. The Morgan fingerprint density at radius 1 is 1.47 bits per heavy atom. The second-order valence-electron chi connectivity index (χ2n) is 3.19. The molecule has 0 saturated heterocycles. The van der Waals surface area contributed by atoms with E-state index in [1.165, 1.54) is 7.11 Å². The summed E-state index contributed by atoms with van der Waals surface area (Å²) in [6, 6.07) is 0. The van der Waals surface area contributed by atoms with Crippen LogP contribution in [-0.4, -0.2) is 38.5 Å². The topological polar surface area (TPSA) is 38.3 Å². The average molecular weight is 231 g/mol. The quantitative estimate of drug-likeness (QED) is 0.699. The second-order valence-corrected chi connectivity index (χ2v) is 3.19. The lowest BCUT2D eigenvalue weighted by Crippen LogP contribution is -2.46. The smallest absolute Gasteiger partial charge is 0.383 e. The lowest BCUT2D eigenvalue weighted by Gasteiger charge is -2.16. The fraction of sp³-hybridized carbons (Fsp3) is 0.875. The van der Waals surface area contributed by atoms with Crippen LogP contribution in [0.2, 0.25) is 0 Å². The molecule has 0 aliphatic heterocycles.